The lowest BCUT2D eigenvalue weighted by molar-refractivity contribution is -0.132. The Morgan fingerprint density at radius 2 is 2.55 bits per heavy atom. The number of hydrogen-bond acceptors (Lipinski definition) is 4. The topological polar surface area (TPSA) is 80.0 Å². The number of nitrogens with one attached hydrogen (secondary N) is 1. The summed E-state index contributed by atoms with van der Waals surface area (Å²) in [5, 5.41) is 12.0. The number of amides is 1. The Morgan fingerprint density at radius 3 is 3.00 bits per heavy atom. The van der Waals surface area contributed by atoms with E-state index in [9.17, 15) is 4.79 Å². The smallest absolute Gasteiger partial charge is 0.267 e. The van der Waals surface area contributed by atoms with E-state index in [-0.39, 0.29) is 0 Å². The lowest BCUT2D eigenvalue weighted by Crippen LogP contribution is -2.28. The summed E-state index contributed by atoms with van der Waals surface area (Å²) in [5.74, 6) is -0.518. The maximum atomic E-state index is 10.8. The Hall–Kier alpha value is -1.43. The third kappa shape index (κ3) is 1.53. The summed E-state index contributed by atoms with van der Waals surface area (Å²) in [7, 11) is 0. The molecule has 1 amide bonds. The van der Waals surface area contributed by atoms with Crippen LogP contribution in [0.3, 0.4) is 0 Å². The molecule has 6 nitrogen and oxygen atoms in total. The first kappa shape index (κ1) is 7.67. The lowest BCUT2D eigenvalue weighted by Gasteiger charge is -2.07. The molecule has 2 N–H and O–H groups in total. The van der Waals surface area contributed by atoms with Crippen molar-refractivity contribution in [3.8, 4) is 0 Å². The van der Waals surface area contributed by atoms with Crippen LogP contribution < -0.4 is 5.48 Å². The number of hydrogen-bond donors (Lipinski definition) is 2. The SMILES string of the molecule is CC(C(=O)NO)n1cncn1. The van der Waals surface area contributed by atoms with Crippen LogP contribution in [0.15, 0.2) is 12.7 Å². The monoisotopic (exact) mass is 156 g/mol. The van der Waals surface area contributed by atoms with Crippen LogP contribution in [0.4, 0.5) is 0 Å². The lowest BCUT2D eigenvalue weighted by atomic mass is 10.3. The first-order valence-corrected chi connectivity index (χ1v) is 3.03. The van der Waals surface area contributed by atoms with Gasteiger partial charge in [-0.1, -0.05) is 0 Å². The standard InChI is InChI=1S/C5H8N4O2/c1-4(5(10)8-11)9-3-6-2-7-9/h2-4,11H,1H3,(H,8,10). The summed E-state index contributed by atoms with van der Waals surface area (Å²) in [4.78, 5) is 14.4. The Kier molecular flexibility index (Phi) is 2.17. The molecule has 6 heteroatoms. The van der Waals surface area contributed by atoms with Gasteiger partial charge in [-0.15, -0.1) is 0 Å². The maximum Gasteiger partial charge on any atom is 0.267 e. The van der Waals surface area contributed by atoms with Crippen LogP contribution in [0.5, 0.6) is 0 Å². The molecule has 1 rings (SSSR count). The molecule has 0 saturated carbocycles. The van der Waals surface area contributed by atoms with Crippen LogP contribution in [-0.2, 0) is 4.79 Å². The van der Waals surface area contributed by atoms with Crippen molar-refractivity contribution in [2.75, 3.05) is 0 Å². The van der Waals surface area contributed by atoms with Crippen molar-refractivity contribution in [3.05, 3.63) is 12.7 Å². The van der Waals surface area contributed by atoms with Crippen LogP contribution in [0.1, 0.15) is 13.0 Å². The van der Waals surface area contributed by atoms with Crippen LogP contribution >= 0.6 is 0 Å². The van der Waals surface area contributed by atoms with Crippen molar-refractivity contribution in [2.24, 2.45) is 0 Å². The summed E-state index contributed by atoms with van der Waals surface area (Å²) in [6.45, 7) is 1.60. The van der Waals surface area contributed by atoms with E-state index in [1.54, 1.807) is 6.92 Å². The Labute approximate surface area is 62.8 Å². The van der Waals surface area contributed by atoms with E-state index in [1.165, 1.54) is 22.8 Å². The molecule has 11 heavy (non-hydrogen) atoms. The Bertz CT molecular complexity index is 233. The molecule has 1 aromatic heterocycles. The molecule has 0 aliphatic heterocycles. The highest BCUT2D eigenvalue weighted by Crippen LogP contribution is 1.99. The number of carbonyl (C=O) groups is 1. The molecule has 0 aliphatic rings. The Balaban J connectivity index is 2.70. The Morgan fingerprint density at radius 1 is 1.82 bits per heavy atom. The van der Waals surface area contributed by atoms with Crippen molar-refractivity contribution in [2.45, 2.75) is 13.0 Å². The van der Waals surface area contributed by atoms with Gasteiger partial charge < -0.3 is 0 Å². The number of nitrogens with zero attached hydrogens (tertiary/aromatic N) is 3. The second-order valence-electron chi connectivity index (χ2n) is 2.03. The van der Waals surface area contributed by atoms with Gasteiger partial charge in [0.15, 0.2) is 0 Å². The molecule has 1 aromatic rings. The van der Waals surface area contributed by atoms with E-state index in [1.807, 2.05) is 0 Å². The predicted molar refractivity (Wildman–Crippen MR) is 34.7 cm³/mol. The molecular weight excluding hydrogens is 148 g/mol. The second-order valence-corrected chi connectivity index (χ2v) is 2.03. The van der Waals surface area contributed by atoms with E-state index in [2.05, 4.69) is 10.1 Å². The zero-order valence-electron chi connectivity index (χ0n) is 5.93. The average Bonchev–Trinajstić information content (AvgIpc) is 2.53. The highest BCUT2D eigenvalue weighted by Gasteiger charge is 2.13. The summed E-state index contributed by atoms with van der Waals surface area (Å²) < 4.78 is 1.34. The van der Waals surface area contributed by atoms with E-state index < -0.39 is 11.9 Å². The molecule has 60 valence electrons. The first-order chi connectivity index (χ1) is 5.25. The average molecular weight is 156 g/mol. The summed E-state index contributed by atoms with van der Waals surface area (Å²) in [6.07, 6.45) is 2.72. The van der Waals surface area contributed by atoms with Gasteiger partial charge >= 0.3 is 0 Å². The van der Waals surface area contributed by atoms with Gasteiger partial charge in [0.25, 0.3) is 5.91 Å². The first-order valence-electron chi connectivity index (χ1n) is 3.03. The number of carbonyl (C=O) groups excluding carboxylic acids is 1. The van der Waals surface area contributed by atoms with Crippen LogP contribution in [0.2, 0.25) is 0 Å². The van der Waals surface area contributed by atoms with Gasteiger partial charge in [-0.25, -0.2) is 15.1 Å². The summed E-state index contributed by atoms with van der Waals surface area (Å²) in [5.41, 5.74) is 1.53. The van der Waals surface area contributed by atoms with Crippen LogP contribution in [-0.4, -0.2) is 25.9 Å². The van der Waals surface area contributed by atoms with E-state index in [0.29, 0.717) is 0 Å². The fourth-order valence-corrected chi connectivity index (χ4v) is 0.631. The minimum Gasteiger partial charge on any atom is -0.289 e. The molecule has 0 aromatic carbocycles. The molecular formula is C5H8N4O2. The van der Waals surface area contributed by atoms with Crippen molar-refractivity contribution >= 4 is 5.91 Å². The normalized spacial score (nSPS) is 12.5. The largest absolute Gasteiger partial charge is 0.289 e. The zero-order valence-corrected chi connectivity index (χ0v) is 5.93. The van der Waals surface area contributed by atoms with Crippen LogP contribution in [0, 0.1) is 0 Å². The quantitative estimate of drug-likeness (QED) is 0.440. The third-order valence-electron chi connectivity index (χ3n) is 1.32. The molecule has 0 saturated heterocycles. The molecule has 0 bridgehead atoms. The van der Waals surface area contributed by atoms with Gasteiger partial charge in [0.05, 0.1) is 0 Å². The molecule has 0 aliphatic carbocycles. The van der Waals surface area contributed by atoms with Crippen molar-refractivity contribution in [3.63, 3.8) is 0 Å². The van der Waals surface area contributed by atoms with Gasteiger partial charge in [0, 0.05) is 0 Å². The molecule has 1 atom stereocenters. The molecule has 0 radical (unpaired) electrons. The van der Waals surface area contributed by atoms with E-state index >= 15 is 0 Å². The van der Waals surface area contributed by atoms with Gasteiger partial charge in [-0.3, -0.25) is 10.0 Å². The molecule has 1 heterocycles. The zero-order chi connectivity index (χ0) is 8.27. The number of aromatic nitrogens is 3. The minimum absolute atomic E-state index is 0.518. The fraction of sp³-hybridized carbons (Fsp3) is 0.400. The van der Waals surface area contributed by atoms with Crippen molar-refractivity contribution in [1.29, 1.82) is 0 Å². The van der Waals surface area contributed by atoms with Gasteiger partial charge in [0.2, 0.25) is 0 Å². The van der Waals surface area contributed by atoms with Crippen molar-refractivity contribution in [1.82, 2.24) is 20.2 Å². The minimum atomic E-state index is -0.539. The van der Waals surface area contributed by atoms with Gasteiger partial charge in [0.1, 0.15) is 18.7 Å². The fourth-order valence-electron chi connectivity index (χ4n) is 0.631. The van der Waals surface area contributed by atoms with Gasteiger partial charge in [-0.05, 0) is 6.92 Å². The van der Waals surface area contributed by atoms with E-state index in [4.69, 9.17) is 5.21 Å². The highest BCUT2D eigenvalue weighted by atomic mass is 16.5. The third-order valence-corrected chi connectivity index (χ3v) is 1.32. The molecule has 0 spiro atoms. The summed E-state index contributed by atoms with van der Waals surface area (Å²) >= 11 is 0. The van der Waals surface area contributed by atoms with Gasteiger partial charge in [-0.2, -0.15) is 5.10 Å². The number of rotatable bonds is 2. The maximum absolute atomic E-state index is 10.8. The molecule has 0 fully saturated rings. The van der Waals surface area contributed by atoms with E-state index in [0.717, 1.165) is 0 Å². The van der Waals surface area contributed by atoms with Crippen LogP contribution in [0.25, 0.3) is 0 Å². The van der Waals surface area contributed by atoms with Crippen molar-refractivity contribution < 1.29 is 10.0 Å². The summed E-state index contributed by atoms with van der Waals surface area (Å²) in [6, 6.07) is -0.539. The predicted octanol–water partition coefficient (Wildman–Crippen LogP) is -0.656. The number of hydroxylamine groups is 1. The second kappa shape index (κ2) is 3.11. The molecule has 1 unspecified atom stereocenters. The highest BCUT2D eigenvalue weighted by molar-refractivity contribution is 5.78.